The van der Waals surface area contributed by atoms with Crippen molar-refractivity contribution in [3.8, 4) is 5.75 Å². The first kappa shape index (κ1) is 22.8. The van der Waals surface area contributed by atoms with Crippen molar-refractivity contribution in [2.75, 3.05) is 13.7 Å². The normalized spacial score (nSPS) is 25.1. The van der Waals surface area contributed by atoms with Crippen LogP contribution in [0.5, 0.6) is 5.75 Å². The summed E-state index contributed by atoms with van der Waals surface area (Å²) < 4.78 is 40.8. The van der Waals surface area contributed by atoms with E-state index in [1.807, 2.05) is 6.92 Å². The van der Waals surface area contributed by atoms with Gasteiger partial charge in [0.2, 0.25) is 5.43 Å². The van der Waals surface area contributed by atoms with E-state index in [1.165, 1.54) is 13.3 Å². The number of pyridine rings is 1. The number of carbonyl (C=O) groups excluding carboxylic acids is 2. The number of carbonyl (C=O) groups is 2. The number of fused-ring (bicyclic) bond motifs is 2. The molecule has 1 aromatic carbocycles. The number of ether oxygens (including phenoxy) is 2. The average Bonchev–Trinajstić information content (AvgIpc) is 3.39. The quantitative estimate of drug-likeness (QED) is 0.661. The van der Waals surface area contributed by atoms with Crippen LogP contribution in [0, 0.1) is 11.6 Å². The Hall–Kier alpha value is -2.98. The Balaban J connectivity index is 1.54. The zero-order chi connectivity index (χ0) is 24.4. The molecule has 1 saturated carbocycles. The summed E-state index contributed by atoms with van der Waals surface area (Å²) in [5.41, 5.74) is -1.80. The highest BCUT2D eigenvalue weighted by atomic mass is 35.5. The third-order valence-corrected chi connectivity index (χ3v) is 7.16. The van der Waals surface area contributed by atoms with E-state index in [-0.39, 0.29) is 47.2 Å². The van der Waals surface area contributed by atoms with Crippen LogP contribution in [0.3, 0.4) is 0 Å². The Bertz CT molecular complexity index is 1280. The molecule has 1 aliphatic carbocycles. The molecule has 3 heterocycles. The van der Waals surface area contributed by atoms with Gasteiger partial charge in [0.05, 0.1) is 19.3 Å². The Labute approximate surface area is 198 Å². The molecular formula is C23H22ClF2N3O5. The molecule has 1 N–H and O–H groups in total. The third kappa shape index (κ3) is 3.15. The minimum atomic E-state index is -0.993. The van der Waals surface area contributed by atoms with Gasteiger partial charge in [0.1, 0.15) is 22.2 Å². The number of methoxy groups -OCH3 is 1. The molecule has 1 saturated heterocycles. The van der Waals surface area contributed by atoms with Crippen molar-refractivity contribution in [3.63, 3.8) is 0 Å². The van der Waals surface area contributed by atoms with E-state index >= 15 is 0 Å². The summed E-state index contributed by atoms with van der Waals surface area (Å²) >= 11 is 5.60. The van der Waals surface area contributed by atoms with E-state index in [4.69, 9.17) is 21.1 Å². The number of aromatic nitrogens is 1. The molecule has 3 atom stereocenters. The van der Waals surface area contributed by atoms with Gasteiger partial charge < -0.3 is 24.3 Å². The van der Waals surface area contributed by atoms with Crippen molar-refractivity contribution in [3.05, 3.63) is 62.0 Å². The van der Waals surface area contributed by atoms with Crippen LogP contribution < -0.4 is 15.5 Å². The third-order valence-electron chi connectivity index (χ3n) is 6.81. The molecule has 1 spiro atoms. The highest BCUT2D eigenvalue weighted by Crippen LogP contribution is 2.52. The monoisotopic (exact) mass is 493 g/mol. The number of amides is 2. The Morgan fingerprint density at radius 1 is 1.35 bits per heavy atom. The Kier molecular flexibility index (Phi) is 5.40. The van der Waals surface area contributed by atoms with Crippen LogP contribution in [0.15, 0.2) is 23.1 Å². The molecule has 0 bridgehead atoms. The molecule has 1 aromatic heterocycles. The lowest BCUT2D eigenvalue weighted by Gasteiger charge is -2.44. The van der Waals surface area contributed by atoms with Crippen LogP contribution in [-0.2, 0) is 11.3 Å². The van der Waals surface area contributed by atoms with E-state index < -0.39 is 33.7 Å². The molecule has 3 aliphatic rings. The van der Waals surface area contributed by atoms with Crippen LogP contribution in [0.2, 0.25) is 5.02 Å². The first-order chi connectivity index (χ1) is 16.2. The van der Waals surface area contributed by atoms with Crippen molar-refractivity contribution in [1.82, 2.24) is 14.8 Å². The second-order valence-electron chi connectivity index (χ2n) is 8.78. The maximum Gasteiger partial charge on any atom is 0.276 e. The van der Waals surface area contributed by atoms with E-state index in [0.717, 1.165) is 18.6 Å². The fraction of sp³-hybridized carbons (Fsp3) is 0.435. The SMILES string of the molecule is COc1c2n(cc(C(=O)NCc3ccc(F)c(Cl)c3F)c1=O)C1CCCC13O[C@@H](C)CN3C2=O. The summed E-state index contributed by atoms with van der Waals surface area (Å²) in [6.07, 6.45) is 3.32. The Morgan fingerprint density at radius 2 is 2.12 bits per heavy atom. The van der Waals surface area contributed by atoms with E-state index in [1.54, 1.807) is 9.47 Å². The van der Waals surface area contributed by atoms with Gasteiger partial charge in [0.25, 0.3) is 11.8 Å². The van der Waals surface area contributed by atoms with Crippen LogP contribution in [0.1, 0.15) is 58.6 Å². The maximum atomic E-state index is 14.2. The molecule has 2 amide bonds. The van der Waals surface area contributed by atoms with Crippen molar-refractivity contribution >= 4 is 23.4 Å². The van der Waals surface area contributed by atoms with Gasteiger partial charge in [-0.05, 0) is 32.3 Å². The highest BCUT2D eigenvalue weighted by molar-refractivity contribution is 6.30. The number of hydrogen-bond donors (Lipinski definition) is 1. The average molecular weight is 494 g/mol. The van der Waals surface area contributed by atoms with Crippen molar-refractivity contribution in [2.24, 2.45) is 0 Å². The Morgan fingerprint density at radius 3 is 2.85 bits per heavy atom. The summed E-state index contributed by atoms with van der Waals surface area (Å²) in [5, 5.41) is 1.79. The largest absolute Gasteiger partial charge is 0.491 e. The van der Waals surface area contributed by atoms with Crippen LogP contribution in [0.4, 0.5) is 8.78 Å². The second-order valence-corrected chi connectivity index (χ2v) is 9.15. The number of halogens is 3. The number of benzene rings is 1. The van der Waals surface area contributed by atoms with Gasteiger partial charge in [-0.1, -0.05) is 17.7 Å². The fourth-order valence-electron chi connectivity index (χ4n) is 5.38. The minimum Gasteiger partial charge on any atom is -0.491 e. The van der Waals surface area contributed by atoms with Crippen molar-refractivity contribution in [1.29, 1.82) is 0 Å². The highest BCUT2D eigenvalue weighted by Gasteiger charge is 2.60. The van der Waals surface area contributed by atoms with Gasteiger partial charge >= 0.3 is 0 Å². The lowest BCUT2D eigenvalue weighted by molar-refractivity contribution is -0.116. The summed E-state index contributed by atoms with van der Waals surface area (Å²) in [6.45, 7) is 1.97. The van der Waals surface area contributed by atoms with Gasteiger partial charge in [0, 0.05) is 24.8 Å². The molecule has 5 rings (SSSR count). The molecule has 2 unspecified atom stereocenters. The van der Waals surface area contributed by atoms with Gasteiger partial charge in [0.15, 0.2) is 17.2 Å². The lowest BCUT2D eigenvalue weighted by Crippen LogP contribution is -2.56. The number of rotatable bonds is 4. The lowest BCUT2D eigenvalue weighted by atomic mass is 9.99. The summed E-state index contributed by atoms with van der Waals surface area (Å²) in [7, 11) is 1.27. The summed E-state index contributed by atoms with van der Waals surface area (Å²) in [5.74, 6) is -3.31. The molecule has 2 fully saturated rings. The van der Waals surface area contributed by atoms with E-state index in [2.05, 4.69) is 5.32 Å². The van der Waals surface area contributed by atoms with Gasteiger partial charge in [-0.25, -0.2) is 8.78 Å². The zero-order valence-corrected chi connectivity index (χ0v) is 19.2. The molecule has 2 aliphatic heterocycles. The first-order valence-corrected chi connectivity index (χ1v) is 11.3. The molecule has 2 aromatic rings. The predicted octanol–water partition coefficient (Wildman–Crippen LogP) is 3.01. The summed E-state index contributed by atoms with van der Waals surface area (Å²) in [6, 6.07) is 1.86. The predicted molar refractivity (Wildman–Crippen MR) is 117 cm³/mol. The van der Waals surface area contributed by atoms with Crippen LogP contribution in [-0.4, -0.2) is 46.8 Å². The van der Waals surface area contributed by atoms with Crippen LogP contribution in [0.25, 0.3) is 0 Å². The number of nitrogens with one attached hydrogen (secondary N) is 1. The smallest absolute Gasteiger partial charge is 0.276 e. The van der Waals surface area contributed by atoms with Crippen molar-refractivity contribution < 1.29 is 27.8 Å². The molecule has 0 radical (unpaired) electrons. The number of nitrogens with zero attached hydrogens (tertiary/aromatic N) is 2. The van der Waals surface area contributed by atoms with Gasteiger partial charge in [-0.15, -0.1) is 0 Å². The van der Waals surface area contributed by atoms with E-state index in [0.29, 0.717) is 19.4 Å². The molecule has 180 valence electrons. The molecule has 8 nitrogen and oxygen atoms in total. The maximum absolute atomic E-state index is 14.2. The standard InChI is InChI=1S/C23H22ClF2N3O5/c1-11-9-29-22(32)18-20(33-2)19(30)13(10-28(18)15-4-3-7-23(15,29)34-11)21(31)27-8-12-5-6-14(25)16(24)17(12)26/h5-6,10-11,15H,3-4,7-9H2,1-2H3,(H,27,31)/t11-,15?,23?/m0/s1. The van der Waals surface area contributed by atoms with Crippen molar-refractivity contribution in [2.45, 2.75) is 50.6 Å². The number of hydrogen-bond acceptors (Lipinski definition) is 5. The van der Waals surface area contributed by atoms with Gasteiger partial charge in [-0.3, -0.25) is 14.4 Å². The topological polar surface area (TPSA) is 89.9 Å². The fourth-order valence-corrected chi connectivity index (χ4v) is 5.56. The first-order valence-electron chi connectivity index (χ1n) is 10.9. The molecule has 11 heteroatoms. The minimum absolute atomic E-state index is 0.0429. The zero-order valence-electron chi connectivity index (χ0n) is 18.5. The molecule has 34 heavy (non-hydrogen) atoms. The van der Waals surface area contributed by atoms with E-state index in [9.17, 15) is 23.2 Å². The molecular weight excluding hydrogens is 472 g/mol. The van der Waals surface area contributed by atoms with Crippen LogP contribution >= 0.6 is 11.6 Å². The summed E-state index contributed by atoms with van der Waals surface area (Å²) in [4.78, 5) is 41.2. The second kappa shape index (κ2) is 8.06. The van der Waals surface area contributed by atoms with Gasteiger partial charge in [-0.2, -0.15) is 0 Å².